The first-order chi connectivity index (χ1) is 13.1. The normalized spacial score (nSPS) is 19.0. The summed E-state index contributed by atoms with van der Waals surface area (Å²) in [5.74, 6) is 1.58. The summed E-state index contributed by atoms with van der Waals surface area (Å²) in [6, 6.07) is 17.9. The molecule has 3 rings (SSSR count). The minimum Gasteiger partial charge on any atom is -0.391 e. The topological polar surface area (TPSA) is 44.8 Å². The summed E-state index contributed by atoms with van der Waals surface area (Å²) in [6.45, 7) is 4.38. The summed E-state index contributed by atoms with van der Waals surface area (Å²) in [5.41, 5.74) is 0.148. The van der Waals surface area contributed by atoms with E-state index in [4.69, 9.17) is 13.6 Å². The van der Waals surface area contributed by atoms with Crippen LogP contribution in [0.3, 0.4) is 0 Å². The van der Waals surface area contributed by atoms with Crippen molar-refractivity contribution in [3.63, 3.8) is 0 Å². The quantitative estimate of drug-likeness (QED) is 0.407. The second-order valence-corrected chi connectivity index (χ2v) is 8.40. The molecule has 1 atom stereocenters. The molecule has 4 nitrogen and oxygen atoms in total. The highest BCUT2D eigenvalue weighted by Crippen LogP contribution is 2.56. The van der Waals surface area contributed by atoms with Crippen LogP contribution >= 0.6 is 7.82 Å². The predicted octanol–water partition coefficient (Wildman–Crippen LogP) is 7.14. The first kappa shape index (κ1) is 19.6. The minimum atomic E-state index is -3.85. The zero-order chi connectivity index (χ0) is 19.2. The van der Waals surface area contributed by atoms with E-state index >= 15 is 0 Å². The fourth-order valence-corrected chi connectivity index (χ4v) is 4.51. The van der Waals surface area contributed by atoms with Gasteiger partial charge in [0.2, 0.25) is 0 Å². The van der Waals surface area contributed by atoms with E-state index in [1.807, 2.05) is 36.4 Å². The van der Waals surface area contributed by atoms with E-state index in [1.165, 1.54) is 12.8 Å². The number of rotatable bonds is 10. The van der Waals surface area contributed by atoms with Gasteiger partial charge in [0.05, 0.1) is 0 Å². The summed E-state index contributed by atoms with van der Waals surface area (Å²) in [5, 5.41) is 0. The number of allylic oxidation sites excluding steroid dienone is 2. The van der Waals surface area contributed by atoms with Gasteiger partial charge in [-0.25, -0.2) is 0 Å². The maximum Gasteiger partial charge on any atom is 0.646 e. The Morgan fingerprint density at radius 2 is 1.41 bits per heavy atom. The van der Waals surface area contributed by atoms with Crippen molar-refractivity contribution in [2.75, 3.05) is 0 Å². The zero-order valence-corrected chi connectivity index (χ0v) is 16.9. The van der Waals surface area contributed by atoms with Crippen molar-refractivity contribution in [3.05, 3.63) is 72.5 Å². The van der Waals surface area contributed by atoms with Crippen LogP contribution in [0.5, 0.6) is 11.5 Å². The third-order valence-electron chi connectivity index (χ3n) is 4.88. The Morgan fingerprint density at radius 3 is 1.85 bits per heavy atom. The Hall–Kier alpha value is -2.19. The fraction of sp³-hybridized carbons (Fsp3) is 0.364. The molecule has 144 valence electrons. The molecule has 0 amide bonds. The van der Waals surface area contributed by atoms with E-state index in [1.54, 1.807) is 24.3 Å². The van der Waals surface area contributed by atoms with Crippen LogP contribution in [0.25, 0.3) is 0 Å². The lowest BCUT2D eigenvalue weighted by molar-refractivity contribution is 0.181. The van der Waals surface area contributed by atoms with Gasteiger partial charge in [0.25, 0.3) is 0 Å². The highest BCUT2D eigenvalue weighted by atomic mass is 31.2. The molecule has 0 fully saturated rings. The highest BCUT2D eigenvalue weighted by Gasteiger charge is 2.42. The highest BCUT2D eigenvalue weighted by molar-refractivity contribution is 7.49. The Kier molecular flexibility index (Phi) is 6.28. The molecule has 2 aromatic rings. The van der Waals surface area contributed by atoms with E-state index in [-0.39, 0.29) is 5.41 Å². The molecule has 0 saturated heterocycles. The Morgan fingerprint density at radius 1 is 0.889 bits per heavy atom. The maximum atomic E-state index is 13.4. The van der Waals surface area contributed by atoms with E-state index in [2.05, 4.69) is 19.9 Å². The van der Waals surface area contributed by atoms with Crippen LogP contribution < -0.4 is 9.05 Å². The van der Waals surface area contributed by atoms with Gasteiger partial charge < -0.3 is 13.6 Å². The third kappa shape index (κ3) is 5.17. The number of phosphoric ester groups is 1. The van der Waals surface area contributed by atoms with Crippen molar-refractivity contribution in [1.82, 2.24) is 0 Å². The average molecular weight is 386 g/mol. The molecular formula is C22H27O4P. The molecule has 5 heteroatoms. The lowest BCUT2D eigenvalue weighted by Crippen LogP contribution is -2.27. The van der Waals surface area contributed by atoms with Crippen LogP contribution in [0.4, 0.5) is 0 Å². The smallest absolute Gasteiger partial charge is 0.391 e. The fourth-order valence-electron chi connectivity index (χ4n) is 3.23. The van der Waals surface area contributed by atoms with Gasteiger partial charge in [-0.15, -0.1) is 0 Å². The summed E-state index contributed by atoms with van der Waals surface area (Å²) in [4.78, 5) is 0. The molecule has 0 unspecified atom stereocenters. The summed E-state index contributed by atoms with van der Waals surface area (Å²) in [6.07, 6.45) is 7.37. The largest absolute Gasteiger partial charge is 0.646 e. The second-order valence-electron chi connectivity index (χ2n) is 6.95. The monoisotopic (exact) mass is 386 g/mol. The first-order valence-electron chi connectivity index (χ1n) is 9.57. The van der Waals surface area contributed by atoms with Gasteiger partial charge in [0.1, 0.15) is 17.3 Å². The van der Waals surface area contributed by atoms with Crippen LogP contribution in [0.15, 0.2) is 72.5 Å². The van der Waals surface area contributed by atoms with Crippen molar-refractivity contribution in [2.24, 2.45) is 5.41 Å². The summed E-state index contributed by atoms with van der Waals surface area (Å²) >= 11 is 0. The molecule has 1 aliphatic rings. The first-order valence-corrected chi connectivity index (χ1v) is 11.0. The molecule has 2 aromatic carbocycles. The second kappa shape index (κ2) is 8.67. The maximum absolute atomic E-state index is 13.4. The van der Waals surface area contributed by atoms with Crippen LogP contribution in [-0.2, 0) is 9.09 Å². The molecule has 27 heavy (non-hydrogen) atoms. The summed E-state index contributed by atoms with van der Waals surface area (Å²) in [7, 11) is -3.85. The molecule has 0 N–H and O–H groups in total. The number of hydrogen-bond acceptors (Lipinski definition) is 4. The van der Waals surface area contributed by atoms with E-state index in [0.717, 1.165) is 19.3 Å². The molecule has 0 heterocycles. The predicted molar refractivity (Wildman–Crippen MR) is 108 cm³/mol. The van der Waals surface area contributed by atoms with Crippen LogP contribution in [-0.4, -0.2) is 0 Å². The van der Waals surface area contributed by atoms with Gasteiger partial charge in [-0.3, -0.25) is 0 Å². The standard InChI is InChI=1S/C22H27O4P/c1-3-5-16-22(4-2)17-21(18-22)26-27(23,24-19-12-8-6-9-13-19)25-20-14-10-7-11-15-20/h6-15,17H,3-5,16,18H2,1-2H3/t22-/m0/s1. The molecule has 0 radical (unpaired) electrons. The Bertz CT molecular complexity index is 758. The van der Waals surface area contributed by atoms with E-state index in [0.29, 0.717) is 17.3 Å². The van der Waals surface area contributed by atoms with Gasteiger partial charge in [0.15, 0.2) is 0 Å². The molecule has 0 saturated carbocycles. The van der Waals surface area contributed by atoms with Crippen LogP contribution in [0.2, 0.25) is 0 Å². The number of benzene rings is 2. The SMILES string of the molecule is CCCC[C@@]1(CC)C=C(OP(=O)(Oc2ccccc2)Oc2ccccc2)C1. The molecule has 0 bridgehead atoms. The van der Waals surface area contributed by atoms with Gasteiger partial charge in [-0.05, 0) is 48.6 Å². The Labute approximate surface area is 161 Å². The molecule has 0 aromatic heterocycles. The molecule has 1 aliphatic carbocycles. The number of phosphoric acid groups is 1. The van der Waals surface area contributed by atoms with Gasteiger partial charge in [-0.1, -0.05) is 63.1 Å². The van der Waals surface area contributed by atoms with Gasteiger partial charge in [0, 0.05) is 6.42 Å². The van der Waals surface area contributed by atoms with Crippen LogP contribution in [0, 0.1) is 5.41 Å². The number of unbranched alkanes of at least 4 members (excludes halogenated alkanes) is 1. The van der Waals surface area contributed by atoms with Crippen molar-refractivity contribution in [2.45, 2.75) is 46.0 Å². The van der Waals surface area contributed by atoms with E-state index < -0.39 is 7.82 Å². The van der Waals surface area contributed by atoms with Gasteiger partial charge >= 0.3 is 7.82 Å². The van der Waals surface area contributed by atoms with Crippen molar-refractivity contribution < 1.29 is 18.1 Å². The number of hydrogen-bond donors (Lipinski definition) is 0. The van der Waals surface area contributed by atoms with Crippen LogP contribution in [0.1, 0.15) is 46.0 Å². The minimum absolute atomic E-state index is 0.148. The third-order valence-corrected chi connectivity index (χ3v) is 6.20. The lowest BCUT2D eigenvalue weighted by Gasteiger charge is -2.39. The molecule has 0 aliphatic heterocycles. The Balaban J connectivity index is 1.77. The summed E-state index contributed by atoms with van der Waals surface area (Å²) < 4.78 is 30.5. The van der Waals surface area contributed by atoms with E-state index in [9.17, 15) is 4.57 Å². The van der Waals surface area contributed by atoms with Crippen molar-refractivity contribution in [1.29, 1.82) is 0 Å². The van der Waals surface area contributed by atoms with Gasteiger partial charge in [-0.2, -0.15) is 4.57 Å². The molecule has 0 spiro atoms. The lowest BCUT2D eigenvalue weighted by atomic mass is 9.69. The average Bonchev–Trinajstić information content (AvgIpc) is 2.65. The molecular weight excluding hydrogens is 359 g/mol. The van der Waals surface area contributed by atoms with Crippen molar-refractivity contribution >= 4 is 7.82 Å². The van der Waals surface area contributed by atoms with Crippen molar-refractivity contribution in [3.8, 4) is 11.5 Å². The number of para-hydroxylation sites is 2. The zero-order valence-electron chi connectivity index (χ0n) is 16.0.